The molecule has 0 bridgehead atoms. The van der Waals surface area contributed by atoms with Crippen LogP contribution in [0.25, 0.3) is 0 Å². The predicted octanol–water partition coefficient (Wildman–Crippen LogP) is 2.03. The molecule has 1 aromatic carbocycles. The number of amides is 3. The van der Waals surface area contributed by atoms with E-state index in [1.54, 1.807) is 6.07 Å². The summed E-state index contributed by atoms with van der Waals surface area (Å²) in [5.74, 6) is -0.671. The standard InChI is InChI=1S/C22H23FN4O3/c1-12-3-2-4-18(25-12)22(6-7-22)27-21(29)26-19-15(11-24-20(19)28)14-9-13-5-8-30-17(13)10-16(14)23/h2-4,9-10,15,19H,5-8,11H2,1H3,(H,24,28)(H2,26,27,29)/t15-,19-/m0/s1. The summed E-state index contributed by atoms with van der Waals surface area (Å²) in [4.78, 5) is 29.7. The minimum Gasteiger partial charge on any atom is -0.493 e. The fourth-order valence-electron chi connectivity index (χ4n) is 4.35. The SMILES string of the molecule is Cc1cccc(C2(NC(=O)N[C@@H]3C(=O)NC[C@H]3c3cc4c(cc3F)OCC4)CC2)n1. The molecule has 3 N–H and O–H groups in total. The van der Waals surface area contributed by atoms with Crippen molar-refractivity contribution in [3.63, 3.8) is 0 Å². The van der Waals surface area contributed by atoms with Gasteiger partial charge in [0.2, 0.25) is 5.91 Å². The third-order valence-corrected chi connectivity index (χ3v) is 6.16. The number of hydrogen-bond acceptors (Lipinski definition) is 4. The van der Waals surface area contributed by atoms with E-state index < -0.39 is 29.3 Å². The smallest absolute Gasteiger partial charge is 0.316 e. The van der Waals surface area contributed by atoms with E-state index in [0.29, 0.717) is 24.3 Å². The van der Waals surface area contributed by atoms with E-state index >= 15 is 0 Å². The summed E-state index contributed by atoms with van der Waals surface area (Å²) < 4.78 is 20.1. The van der Waals surface area contributed by atoms with Crippen LogP contribution in [0.3, 0.4) is 0 Å². The van der Waals surface area contributed by atoms with E-state index in [1.807, 2.05) is 25.1 Å². The first-order valence-electron chi connectivity index (χ1n) is 10.2. The Morgan fingerprint density at radius 3 is 2.93 bits per heavy atom. The Bertz CT molecular complexity index is 1040. The first-order chi connectivity index (χ1) is 14.4. The van der Waals surface area contributed by atoms with E-state index in [-0.39, 0.29) is 12.5 Å². The molecule has 0 spiro atoms. The van der Waals surface area contributed by atoms with Crippen LogP contribution in [0.4, 0.5) is 9.18 Å². The molecule has 7 nitrogen and oxygen atoms in total. The lowest BCUT2D eigenvalue weighted by Crippen LogP contribution is -2.50. The lowest BCUT2D eigenvalue weighted by Gasteiger charge is -2.23. The third-order valence-electron chi connectivity index (χ3n) is 6.16. The second kappa shape index (κ2) is 6.97. The number of nitrogens with one attached hydrogen (secondary N) is 3. The lowest BCUT2D eigenvalue weighted by atomic mass is 9.91. The molecule has 0 unspecified atom stereocenters. The van der Waals surface area contributed by atoms with Gasteiger partial charge in [-0.2, -0.15) is 0 Å². The van der Waals surface area contributed by atoms with Crippen LogP contribution in [0.5, 0.6) is 5.75 Å². The fraction of sp³-hybridized carbons (Fsp3) is 0.409. The number of carbonyl (C=O) groups is 2. The molecular weight excluding hydrogens is 387 g/mol. The topological polar surface area (TPSA) is 92.4 Å². The minimum atomic E-state index is -0.846. The average Bonchev–Trinajstić information content (AvgIpc) is 3.20. The van der Waals surface area contributed by atoms with Crippen LogP contribution in [0.15, 0.2) is 30.3 Å². The van der Waals surface area contributed by atoms with Gasteiger partial charge >= 0.3 is 6.03 Å². The zero-order valence-electron chi connectivity index (χ0n) is 16.6. The maximum atomic E-state index is 14.7. The molecule has 2 fully saturated rings. The number of rotatable bonds is 4. The zero-order valence-corrected chi connectivity index (χ0v) is 16.6. The number of pyridine rings is 1. The molecule has 156 valence electrons. The van der Waals surface area contributed by atoms with Gasteiger partial charge in [-0.15, -0.1) is 0 Å². The Labute approximate surface area is 173 Å². The van der Waals surface area contributed by atoms with Gasteiger partial charge in [-0.05, 0) is 49.1 Å². The molecule has 1 saturated heterocycles. The van der Waals surface area contributed by atoms with E-state index in [4.69, 9.17) is 4.74 Å². The number of fused-ring (bicyclic) bond motifs is 1. The molecule has 30 heavy (non-hydrogen) atoms. The number of aryl methyl sites for hydroxylation is 1. The van der Waals surface area contributed by atoms with Crippen LogP contribution in [0.1, 0.15) is 41.3 Å². The van der Waals surface area contributed by atoms with Crippen LogP contribution >= 0.6 is 0 Å². The molecule has 2 atom stereocenters. The number of carbonyl (C=O) groups excluding carboxylic acids is 2. The Hall–Kier alpha value is -3.16. The van der Waals surface area contributed by atoms with Gasteiger partial charge in [0.05, 0.1) is 17.8 Å². The number of aromatic nitrogens is 1. The number of benzene rings is 1. The van der Waals surface area contributed by atoms with E-state index in [1.165, 1.54) is 6.07 Å². The summed E-state index contributed by atoms with van der Waals surface area (Å²) in [6, 6.07) is 7.55. The van der Waals surface area contributed by atoms with Crippen LogP contribution in [0, 0.1) is 12.7 Å². The molecule has 3 heterocycles. The van der Waals surface area contributed by atoms with Crippen molar-refractivity contribution in [1.29, 1.82) is 0 Å². The molecule has 1 aliphatic carbocycles. The summed E-state index contributed by atoms with van der Waals surface area (Å²) in [5, 5.41) is 8.49. The third kappa shape index (κ3) is 3.26. The van der Waals surface area contributed by atoms with Crippen molar-refractivity contribution in [2.24, 2.45) is 0 Å². The highest BCUT2D eigenvalue weighted by atomic mass is 19.1. The second-order valence-electron chi connectivity index (χ2n) is 8.25. The van der Waals surface area contributed by atoms with E-state index in [9.17, 15) is 14.0 Å². The highest BCUT2D eigenvalue weighted by Crippen LogP contribution is 2.44. The highest BCUT2D eigenvalue weighted by molar-refractivity contribution is 5.90. The van der Waals surface area contributed by atoms with Crippen LogP contribution < -0.4 is 20.7 Å². The van der Waals surface area contributed by atoms with Gasteiger partial charge in [-0.3, -0.25) is 9.78 Å². The number of ether oxygens (including phenoxy) is 1. The number of hydrogen-bond donors (Lipinski definition) is 3. The van der Waals surface area contributed by atoms with Crippen molar-refractivity contribution in [3.8, 4) is 5.75 Å². The molecule has 8 heteroatoms. The Balaban J connectivity index is 1.33. The molecule has 3 aliphatic rings. The van der Waals surface area contributed by atoms with Crippen molar-refractivity contribution >= 4 is 11.9 Å². The van der Waals surface area contributed by atoms with E-state index in [2.05, 4.69) is 20.9 Å². The highest BCUT2D eigenvalue weighted by Gasteiger charge is 2.48. The quantitative estimate of drug-likeness (QED) is 0.719. The molecule has 5 rings (SSSR count). The van der Waals surface area contributed by atoms with Gasteiger partial charge in [0.1, 0.15) is 17.6 Å². The number of halogens is 1. The summed E-state index contributed by atoms with van der Waals surface area (Å²) in [6.45, 7) is 2.70. The monoisotopic (exact) mass is 410 g/mol. The number of urea groups is 1. The summed E-state index contributed by atoms with van der Waals surface area (Å²) in [6.07, 6.45) is 2.29. The zero-order chi connectivity index (χ0) is 20.9. The Kier molecular flexibility index (Phi) is 4.38. The molecule has 2 aliphatic heterocycles. The summed E-state index contributed by atoms with van der Waals surface area (Å²) >= 11 is 0. The summed E-state index contributed by atoms with van der Waals surface area (Å²) in [7, 11) is 0. The normalized spacial score (nSPS) is 23.3. The largest absolute Gasteiger partial charge is 0.493 e. The lowest BCUT2D eigenvalue weighted by molar-refractivity contribution is -0.120. The fourth-order valence-corrected chi connectivity index (χ4v) is 4.35. The van der Waals surface area contributed by atoms with Crippen molar-refractivity contribution in [2.45, 2.75) is 43.7 Å². The first kappa shape index (κ1) is 18.8. The maximum Gasteiger partial charge on any atom is 0.316 e. The molecule has 3 amide bonds. The van der Waals surface area contributed by atoms with E-state index in [0.717, 1.165) is 29.8 Å². The van der Waals surface area contributed by atoms with Crippen LogP contribution in [-0.2, 0) is 16.8 Å². The predicted molar refractivity (Wildman–Crippen MR) is 107 cm³/mol. The Morgan fingerprint density at radius 1 is 1.33 bits per heavy atom. The van der Waals surface area contributed by atoms with Crippen molar-refractivity contribution in [3.05, 3.63) is 58.7 Å². The van der Waals surface area contributed by atoms with Crippen molar-refractivity contribution in [1.82, 2.24) is 20.9 Å². The average molecular weight is 410 g/mol. The second-order valence-corrected chi connectivity index (χ2v) is 8.25. The molecule has 1 aromatic heterocycles. The first-order valence-corrected chi connectivity index (χ1v) is 10.2. The van der Waals surface area contributed by atoms with Crippen LogP contribution in [-0.4, -0.2) is 36.1 Å². The molecule has 0 radical (unpaired) electrons. The van der Waals surface area contributed by atoms with Gasteiger partial charge in [0, 0.05) is 30.6 Å². The maximum absolute atomic E-state index is 14.7. The van der Waals surface area contributed by atoms with Crippen molar-refractivity contribution < 1.29 is 18.7 Å². The van der Waals surface area contributed by atoms with Crippen molar-refractivity contribution in [2.75, 3.05) is 13.2 Å². The minimum absolute atomic E-state index is 0.269. The summed E-state index contributed by atoms with van der Waals surface area (Å²) in [5.41, 5.74) is 2.54. The molecule has 1 saturated carbocycles. The molecular formula is C22H23FN4O3. The van der Waals surface area contributed by atoms with Gasteiger partial charge in [-0.25, -0.2) is 9.18 Å². The van der Waals surface area contributed by atoms with Gasteiger partial charge in [-0.1, -0.05) is 6.07 Å². The molecule has 2 aromatic rings. The van der Waals surface area contributed by atoms with Gasteiger partial charge in [0.15, 0.2) is 0 Å². The van der Waals surface area contributed by atoms with Crippen LogP contribution in [0.2, 0.25) is 0 Å². The number of nitrogens with zero attached hydrogens (tertiary/aromatic N) is 1. The van der Waals surface area contributed by atoms with Gasteiger partial charge < -0.3 is 20.7 Å². The van der Waals surface area contributed by atoms with Gasteiger partial charge in [0.25, 0.3) is 0 Å². The Morgan fingerprint density at radius 2 is 2.17 bits per heavy atom.